The Morgan fingerprint density at radius 3 is 2.78 bits per heavy atom. The van der Waals surface area contributed by atoms with Gasteiger partial charge in [-0.05, 0) is 43.9 Å². The van der Waals surface area contributed by atoms with E-state index in [1.807, 2.05) is 6.92 Å². The smallest absolute Gasteiger partial charge is 0.287 e. The molecular formula is C18H14F3N5O. The lowest BCUT2D eigenvalue weighted by atomic mass is 10.1. The Morgan fingerprint density at radius 2 is 2.00 bits per heavy atom. The summed E-state index contributed by atoms with van der Waals surface area (Å²) in [5.74, 6) is -0.353. The average molecular weight is 373 g/mol. The maximum atomic E-state index is 12.8. The molecule has 0 N–H and O–H groups in total. The van der Waals surface area contributed by atoms with Gasteiger partial charge in [0.2, 0.25) is 5.78 Å². The Labute approximate surface area is 152 Å². The molecule has 2 aromatic heterocycles. The molecule has 0 saturated heterocycles. The molecule has 0 bridgehead atoms. The number of carbonyl (C=O) groups is 1. The normalized spacial score (nSPS) is 13.6. The first-order valence-corrected chi connectivity index (χ1v) is 8.34. The van der Waals surface area contributed by atoms with Gasteiger partial charge in [-0.3, -0.25) is 4.79 Å². The summed E-state index contributed by atoms with van der Waals surface area (Å²) < 4.78 is 39.8. The first kappa shape index (κ1) is 17.3. The van der Waals surface area contributed by atoms with Gasteiger partial charge in [-0.25, -0.2) is 9.97 Å². The molecular weight excluding hydrogens is 359 g/mol. The molecule has 27 heavy (non-hydrogen) atoms. The third-order valence-corrected chi connectivity index (χ3v) is 4.51. The average Bonchev–Trinajstić information content (AvgIpc) is 3.30. The molecule has 9 heteroatoms. The molecule has 0 spiro atoms. The van der Waals surface area contributed by atoms with Crippen LogP contribution >= 0.6 is 0 Å². The van der Waals surface area contributed by atoms with Crippen molar-refractivity contribution < 1.29 is 18.0 Å². The number of nitrogens with zero attached hydrogens (tertiary/aromatic N) is 5. The fraction of sp³-hybridized carbons (Fsp3) is 0.278. The third kappa shape index (κ3) is 3.20. The molecule has 0 aliphatic heterocycles. The van der Waals surface area contributed by atoms with Crippen molar-refractivity contribution in [2.24, 2.45) is 0 Å². The van der Waals surface area contributed by atoms with Crippen LogP contribution in [0.4, 0.5) is 13.2 Å². The topological polar surface area (TPSA) is 73.6 Å². The minimum Gasteiger partial charge on any atom is -0.287 e. The van der Waals surface area contributed by atoms with Gasteiger partial charge in [-0.1, -0.05) is 17.3 Å². The molecule has 0 amide bonds. The van der Waals surface area contributed by atoms with Gasteiger partial charge in [0.1, 0.15) is 0 Å². The van der Waals surface area contributed by atoms with E-state index in [4.69, 9.17) is 0 Å². The number of ketones is 1. The van der Waals surface area contributed by atoms with E-state index in [0.29, 0.717) is 5.95 Å². The number of halogens is 3. The maximum absolute atomic E-state index is 12.8. The van der Waals surface area contributed by atoms with Crippen LogP contribution in [0.5, 0.6) is 0 Å². The molecule has 0 unspecified atom stereocenters. The highest BCUT2D eigenvalue weighted by atomic mass is 19.4. The number of hydrogen-bond acceptors (Lipinski definition) is 5. The number of hydrogen-bond donors (Lipinski definition) is 0. The molecule has 3 aromatic rings. The van der Waals surface area contributed by atoms with Crippen molar-refractivity contribution in [1.82, 2.24) is 25.0 Å². The van der Waals surface area contributed by atoms with Crippen molar-refractivity contribution in [2.45, 2.75) is 32.4 Å². The van der Waals surface area contributed by atoms with Crippen molar-refractivity contribution in [3.63, 3.8) is 0 Å². The molecule has 0 radical (unpaired) electrons. The Kier molecular flexibility index (Phi) is 4.01. The van der Waals surface area contributed by atoms with Crippen molar-refractivity contribution in [1.29, 1.82) is 0 Å². The van der Waals surface area contributed by atoms with E-state index in [1.54, 1.807) is 0 Å². The molecule has 1 aromatic carbocycles. The van der Waals surface area contributed by atoms with Crippen LogP contribution in [0.15, 0.2) is 30.5 Å². The van der Waals surface area contributed by atoms with Crippen LogP contribution in [0.25, 0.3) is 5.95 Å². The minimum atomic E-state index is -4.52. The lowest BCUT2D eigenvalue weighted by molar-refractivity contribution is -0.137. The number of fused-ring (bicyclic) bond motifs is 1. The van der Waals surface area contributed by atoms with Gasteiger partial charge in [0, 0.05) is 17.0 Å². The molecule has 0 atom stereocenters. The molecule has 0 saturated carbocycles. The van der Waals surface area contributed by atoms with Crippen LogP contribution < -0.4 is 0 Å². The van der Waals surface area contributed by atoms with Gasteiger partial charge in [0.25, 0.3) is 5.95 Å². The van der Waals surface area contributed by atoms with Crippen LogP contribution in [0.2, 0.25) is 0 Å². The molecule has 1 aliphatic carbocycles. The first-order valence-electron chi connectivity index (χ1n) is 8.34. The summed E-state index contributed by atoms with van der Waals surface area (Å²) in [6, 6.07) is 4.21. The van der Waals surface area contributed by atoms with Crippen LogP contribution in [0, 0.1) is 6.92 Å². The van der Waals surface area contributed by atoms with Gasteiger partial charge in [-0.15, -0.1) is 5.10 Å². The summed E-state index contributed by atoms with van der Waals surface area (Å²) in [6.07, 6.45) is -0.373. The Morgan fingerprint density at radius 1 is 1.19 bits per heavy atom. The zero-order valence-corrected chi connectivity index (χ0v) is 14.3. The van der Waals surface area contributed by atoms with Gasteiger partial charge < -0.3 is 0 Å². The lowest BCUT2D eigenvalue weighted by Crippen LogP contribution is -2.08. The Hall–Kier alpha value is -3.10. The predicted octanol–water partition coefficient (Wildman–Crippen LogP) is 3.10. The van der Waals surface area contributed by atoms with Gasteiger partial charge >= 0.3 is 6.18 Å². The van der Waals surface area contributed by atoms with Gasteiger partial charge in [0.05, 0.1) is 11.8 Å². The second-order valence-corrected chi connectivity index (χ2v) is 6.34. The summed E-state index contributed by atoms with van der Waals surface area (Å²) in [6.45, 7) is 1.89. The zero-order chi connectivity index (χ0) is 19.2. The molecule has 6 nitrogen and oxygen atoms in total. The van der Waals surface area contributed by atoms with Crippen molar-refractivity contribution in [2.75, 3.05) is 0 Å². The van der Waals surface area contributed by atoms with Crippen LogP contribution in [-0.4, -0.2) is 30.7 Å². The highest BCUT2D eigenvalue weighted by Gasteiger charge is 2.31. The van der Waals surface area contributed by atoms with Gasteiger partial charge in [-0.2, -0.15) is 17.9 Å². The molecule has 4 rings (SSSR count). The number of aryl methyl sites for hydroxylation is 2. The number of carbonyl (C=O) groups excluding carboxylic acids is 1. The fourth-order valence-electron chi connectivity index (χ4n) is 3.16. The van der Waals surface area contributed by atoms with Crippen molar-refractivity contribution in [3.05, 3.63) is 64.2 Å². The van der Waals surface area contributed by atoms with E-state index < -0.39 is 17.5 Å². The first-order chi connectivity index (χ1) is 12.8. The quantitative estimate of drug-likeness (QED) is 0.660. The van der Waals surface area contributed by atoms with Gasteiger partial charge in [0.15, 0.2) is 5.69 Å². The van der Waals surface area contributed by atoms with Crippen LogP contribution in [-0.2, 0) is 19.0 Å². The summed E-state index contributed by atoms with van der Waals surface area (Å²) >= 11 is 0. The Bertz CT molecular complexity index is 1040. The summed E-state index contributed by atoms with van der Waals surface area (Å²) in [5, 5.41) is 7.66. The molecule has 0 fully saturated rings. The van der Waals surface area contributed by atoms with Crippen LogP contribution in [0.1, 0.15) is 45.0 Å². The highest BCUT2D eigenvalue weighted by Crippen LogP contribution is 2.30. The number of rotatable bonds is 3. The fourth-order valence-corrected chi connectivity index (χ4v) is 3.16. The molecule has 2 heterocycles. The van der Waals surface area contributed by atoms with E-state index in [-0.39, 0.29) is 11.3 Å². The largest absolute Gasteiger partial charge is 0.416 e. The van der Waals surface area contributed by atoms with Crippen molar-refractivity contribution >= 4 is 5.78 Å². The second-order valence-electron chi connectivity index (χ2n) is 6.34. The third-order valence-electron chi connectivity index (χ3n) is 4.51. The highest BCUT2D eigenvalue weighted by molar-refractivity contribution is 6.07. The van der Waals surface area contributed by atoms with E-state index in [2.05, 4.69) is 20.3 Å². The maximum Gasteiger partial charge on any atom is 0.416 e. The summed E-state index contributed by atoms with van der Waals surface area (Å²) in [5.41, 5.74) is 1.88. The van der Waals surface area contributed by atoms with E-state index >= 15 is 0 Å². The second kappa shape index (κ2) is 6.26. The predicted molar refractivity (Wildman–Crippen MR) is 88.6 cm³/mol. The monoisotopic (exact) mass is 373 g/mol. The lowest BCUT2D eigenvalue weighted by Gasteiger charge is -2.07. The number of benzene rings is 1. The van der Waals surface area contributed by atoms with E-state index in [1.165, 1.54) is 23.0 Å². The van der Waals surface area contributed by atoms with E-state index in [9.17, 15) is 18.0 Å². The molecule has 138 valence electrons. The summed E-state index contributed by atoms with van der Waals surface area (Å²) in [7, 11) is 0. The Balaban J connectivity index is 1.65. The standard InChI is InChI=1S/C18H14F3N5O/c1-10-13-6-3-7-14(13)23-17(22-10)26-9-15(24-25-26)16(27)11-4-2-5-12(8-11)18(19,20)21/h2,4-5,8-9H,3,6-7H2,1H3. The molecule has 1 aliphatic rings. The number of aromatic nitrogens is 5. The summed E-state index contributed by atoms with van der Waals surface area (Å²) in [4.78, 5) is 21.4. The van der Waals surface area contributed by atoms with Crippen molar-refractivity contribution in [3.8, 4) is 5.95 Å². The SMILES string of the molecule is Cc1nc(-n2cc(C(=O)c3cccc(C(F)(F)F)c3)nn2)nc2c1CCC2. The van der Waals surface area contributed by atoms with E-state index in [0.717, 1.165) is 48.3 Å². The van der Waals surface area contributed by atoms with Crippen LogP contribution in [0.3, 0.4) is 0 Å². The zero-order valence-electron chi connectivity index (χ0n) is 14.3. The minimum absolute atomic E-state index is 0.0731. The number of alkyl halides is 3.